The monoisotopic (exact) mass is 177 g/mol. The number of nitrogens with zero attached hydrogens (tertiary/aromatic N) is 3. The van der Waals surface area contributed by atoms with Crippen LogP contribution in [0.3, 0.4) is 0 Å². The fraction of sp³-hybridized carbons (Fsp3) is 0.444. The predicted molar refractivity (Wildman–Crippen MR) is 47.1 cm³/mol. The van der Waals surface area contributed by atoms with Crippen LogP contribution >= 0.6 is 0 Å². The predicted octanol–water partition coefficient (Wildman–Crippen LogP) is 1.33. The summed E-state index contributed by atoms with van der Waals surface area (Å²) in [5, 5.41) is 8.44. The van der Waals surface area contributed by atoms with E-state index in [9.17, 15) is 0 Å². The molecule has 0 radical (unpaired) electrons. The quantitative estimate of drug-likeness (QED) is 0.698. The summed E-state index contributed by atoms with van der Waals surface area (Å²) < 4.78 is 5.34. The van der Waals surface area contributed by atoms with Gasteiger partial charge >= 0.3 is 0 Å². The van der Waals surface area contributed by atoms with Gasteiger partial charge in [0.2, 0.25) is 5.88 Å². The molecule has 0 N–H and O–H groups in total. The summed E-state index contributed by atoms with van der Waals surface area (Å²) in [7, 11) is 0. The normalized spacial score (nSPS) is 9.69. The highest BCUT2D eigenvalue weighted by atomic mass is 16.5. The Morgan fingerprint density at radius 1 is 1.54 bits per heavy atom. The molecule has 0 aliphatic carbocycles. The highest BCUT2D eigenvalue weighted by molar-refractivity contribution is 5.16. The number of nitriles is 1. The lowest BCUT2D eigenvalue weighted by Gasteiger charge is -2.07. The second-order valence-corrected chi connectivity index (χ2v) is 2.85. The highest BCUT2D eigenvalue weighted by Crippen LogP contribution is 2.08. The third-order valence-electron chi connectivity index (χ3n) is 1.32. The lowest BCUT2D eigenvalue weighted by Crippen LogP contribution is -2.07. The Morgan fingerprint density at radius 3 is 2.92 bits per heavy atom. The zero-order chi connectivity index (χ0) is 9.68. The van der Waals surface area contributed by atoms with Crippen molar-refractivity contribution in [3.8, 4) is 11.9 Å². The maximum atomic E-state index is 8.44. The zero-order valence-corrected chi connectivity index (χ0v) is 7.69. The summed E-state index contributed by atoms with van der Waals surface area (Å²) in [6.07, 6.45) is 1.78. The van der Waals surface area contributed by atoms with E-state index < -0.39 is 0 Å². The minimum atomic E-state index is 0.0878. The largest absolute Gasteiger partial charge is 0.475 e. The zero-order valence-electron chi connectivity index (χ0n) is 7.69. The number of rotatable bonds is 3. The first-order chi connectivity index (χ1) is 6.22. The van der Waals surface area contributed by atoms with E-state index in [4.69, 9.17) is 10.00 Å². The molecule has 0 saturated carbocycles. The van der Waals surface area contributed by atoms with Crippen LogP contribution in [0.4, 0.5) is 0 Å². The summed E-state index contributed by atoms with van der Waals surface area (Å²) >= 11 is 0. The SMILES string of the molecule is CC(C)Oc1cc(CC#N)ncn1. The molecule has 13 heavy (non-hydrogen) atoms. The molecule has 0 saturated heterocycles. The molecule has 68 valence electrons. The maximum Gasteiger partial charge on any atom is 0.216 e. The van der Waals surface area contributed by atoms with Crippen molar-refractivity contribution in [1.82, 2.24) is 9.97 Å². The van der Waals surface area contributed by atoms with Crippen molar-refractivity contribution in [1.29, 1.82) is 5.26 Å². The summed E-state index contributed by atoms with van der Waals surface area (Å²) in [4.78, 5) is 7.84. The van der Waals surface area contributed by atoms with Gasteiger partial charge in [0.1, 0.15) is 6.33 Å². The number of hydrogen-bond donors (Lipinski definition) is 0. The number of ether oxygens (including phenoxy) is 1. The van der Waals surface area contributed by atoms with Gasteiger partial charge in [0, 0.05) is 6.07 Å². The molecular weight excluding hydrogens is 166 g/mol. The third-order valence-corrected chi connectivity index (χ3v) is 1.32. The van der Waals surface area contributed by atoms with E-state index >= 15 is 0 Å². The molecule has 0 spiro atoms. The van der Waals surface area contributed by atoms with Crippen molar-refractivity contribution in [2.75, 3.05) is 0 Å². The second kappa shape index (κ2) is 4.41. The average molecular weight is 177 g/mol. The molecule has 4 heteroatoms. The van der Waals surface area contributed by atoms with Crippen LogP contribution < -0.4 is 4.74 Å². The van der Waals surface area contributed by atoms with E-state index in [1.54, 1.807) is 6.07 Å². The van der Waals surface area contributed by atoms with Gasteiger partial charge < -0.3 is 4.74 Å². The molecule has 0 aliphatic rings. The minimum absolute atomic E-state index is 0.0878. The Kier molecular flexibility index (Phi) is 3.21. The number of aromatic nitrogens is 2. The van der Waals surface area contributed by atoms with Crippen molar-refractivity contribution in [2.45, 2.75) is 26.4 Å². The fourth-order valence-electron chi connectivity index (χ4n) is 0.861. The van der Waals surface area contributed by atoms with E-state index in [2.05, 4.69) is 9.97 Å². The fourth-order valence-corrected chi connectivity index (χ4v) is 0.861. The van der Waals surface area contributed by atoms with Crippen LogP contribution in [0.25, 0.3) is 0 Å². The molecule has 0 aliphatic heterocycles. The van der Waals surface area contributed by atoms with Gasteiger partial charge in [-0.2, -0.15) is 5.26 Å². The Balaban J connectivity index is 2.74. The van der Waals surface area contributed by atoms with Crippen molar-refractivity contribution in [3.63, 3.8) is 0 Å². The van der Waals surface area contributed by atoms with E-state index in [-0.39, 0.29) is 12.5 Å². The number of hydrogen-bond acceptors (Lipinski definition) is 4. The summed E-state index contributed by atoms with van der Waals surface area (Å²) in [6, 6.07) is 3.70. The van der Waals surface area contributed by atoms with Gasteiger partial charge in [-0.1, -0.05) is 0 Å². The highest BCUT2D eigenvalue weighted by Gasteiger charge is 2.00. The summed E-state index contributed by atoms with van der Waals surface area (Å²) in [5.41, 5.74) is 0.688. The maximum absolute atomic E-state index is 8.44. The molecule has 0 bridgehead atoms. The van der Waals surface area contributed by atoms with E-state index in [0.29, 0.717) is 11.6 Å². The van der Waals surface area contributed by atoms with Crippen LogP contribution in [-0.4, -0.2) is 16.1 Å². The molecule has 0 unspecified atom stereocenters. The van der Waals surface area contributed by atoms with Crippen LogP contribution in [0.2, 0.25) is 0 Å². The first-order valence-electron chi connectivity index (χ1n) is 4.07. The van der Waals surface area contributed by atoms with Crippen LogP contribution in [0.5, 0.6) is 5.88 Å². The lowest BCUT2D eigenvalue weighted by atomic mass is 10.3. The Labute approximate surface area is 77.2 Å². The standard InChI is InChI=1S/C9H11N3O/c1-7(2)13-9-5-8(3-4-10)11-6-12-9/h5-7H,3H2,1-2H3. The van der Waals surface area contributed by atoms with Crippen molar-refractivity contribution >= 4 is 0 Å². The van der Waals surface area contributed by atoms with Gasteiger partial charge in [-0.15, -0.1) is 0 Å². The van der Waals surface area contributed by atoms with E-state index in [1.165, 1.54) is 6.33 Å². The summed E-state index contributed by atoms with van der Waals surface area (Å²) in [5.74, 6) is 0.523. The van der Waals surface area contributed by atoms with E-state index in [0.717, 1.165) is 0 Å². The topological polar surface area (TPSA) is 58.8 Å². The average Bonchev–Trinajstić information content (AvgIpc) is 2.04. The molecule has 1 aromatic heterocycles. The van der Waals surface area contributed by atoms with Crippen LogP contribution in [0, 0.1) is 11.3 Å². The van der Waals surface area contributed by atoms with E-state index in [1.807, 2.05) is 19.9 Å². The van der Waals surface area contributed by atoms with Crippen molar-refractivity contribution in [2.24, 2.45) is 0 Å². The molecule has 0 aromatic carbocycles. The third kappa shape index (κ3) is 3.08. The van der Waals surface area contributed by atoms with Crippen molar-refractivity contribution in [3.05, 3.63) is 18.1 Å². The Bertz CT molecular complexity index is 317. The molecule has 0 fully saturated rings. The van der Waals surface area contributed by atoms with Gasteiger partial charge in [-0.05, 0) is 13.8 Å². The molecule has 1 aromatic rings. The minimum Gasteiger partial charge on any atom is -0.475 e. The van der Waals surface area contributed by atoms with Gasteiger partial charge in [-0.3, -0.25) is 0 Å². The Hall–Kier alpha value is -1.63. The molecule has 0 atom stereocenters. The van der Waals surface area contributed by atoms with Crippen LogP contribution in [0.1, 0.15) is 19.5 Å². The molecule has 4 nitrogen and oxygen atoms in total. The molecular formula is C9H11N3O. The van der Waals surface area contributed by atoms with Gasteiger partial charge in [-0.25, -0.2) is 9.97 Å². The molecule has 1 heterocycles. The summed E-state index contributed by atoms with van der Waals surface area (Å²) in [6.45, 7) is 3.85. The smallest absolute Gasteiger partial charge is 0.216 e. The molecule has 1 rings (SSSR count). The van der Waals surface area contributed by atoms with Gasteiger partial charge in [0.05, 0.1) is 24.3 Å². The first kappa shape index (κ1) is 9.46. The second-order valence-electron chi connectivity index (χ2n) is 2.85. The van der Waals surface area contributed by atoms with Crippen LogP contribution in [0.15, 0.2) is 12.4 Å². The van der Waals surface area contributed by atoms with Gasteiger partial charge in [0.25, 0.3) is 0 Å². The Morgan fingerprint density at radius 2 is 2.31 bits per heavy atom. The lowest BCUT2D eigenvalue weighted by molar-refractivity contribution is 0.232. The molecule has 0 amide bonds. The van der Waals surface area contributed by atoms with Gasteiger partial charge in [0.15, 0.2) is 0 Å². The first-order valence-corrected chi connectivity index (χ1v) is 4.07. The van der Waals surface area contributed by atoms with Crippen molar-refractivity contribution < 1.29 is 4.74 Å². The van der Waals surface area contributed by atoms with Crippen LogP contribution in [-0.2, 0) is 6.42 Å².